The predicted octanol–water partition coefficient (Wildman–Crippen LogP) is 2.61. The van der Waals surface area contributed by atoms with Crippen LogP contribution in [0.2, 0.25) is 0 Å². The van der Waals surface area contributed by atoms with Crippen LogP contribution in [0.15, 0.2) is 18.2 Å². The first-order valence-corrected chi connectivity index (χ1v) is 6.92. The van der Waals surface area contributed by atoms with Gasteiger partial charge in [-0.15, -0.1) is 12.4 Å². The number of nitrogens with zero attached hydrogens (tertiary/aromatic N) is 2. The molecule has 20 heavy (non-hydrogen) atoms. The Morgan fingerprint density at radius 2 is 2.40 bits per heavy atom. The maximum Gasteiger partial charge on any atom is 0.274 e. The van der Waals surface area contributed by atoms with Gasteiger partial charge in [-0.3, -0.25) is 10.1 Å². The molecule has 1 aliphatic rings. The molecule has 6 nitrogen and oxygen atoms in total. The molecule has 8 heteroatoms. The molecule has 1 aromatic heterocycles. The highest BCUT2D eigenvalue weighted by atomic mass is 35.5. The minimum absolute atomic E-state index is 0. The zero-order valence-electron chi connectivity index (χ0n) is 10.6. The van der Waals surface area contributed by atoms with Crippen molar-refractivity contribution in [3.8, 4) is 5.19 Å². The van der Waals surface area contributed by atoms with Gasteiger partial charge < -0.3 is 10.1 Å². The largest absolute Gasteiger partial charge is 0.470 e. The second kappa shape index (κ2) is 6.34. The molecule has 1 saturated heterocycles. The number of fused-ring (bicyclic) bond motifs is 1. The van der Waals surface area contributed by atoms with E-state index in [4.69, 9.17) is 4.74 Å². The van der Waals surface area contributed by atoms with Gasteiger partial charge >= 0.3 is 0 Å². The molecule has 1 aromatic carbocycles. The fourth-order valence-electron chi connectivity index (χ4n) is 2.12. The molecule has 0 amide bonds. The van der Waals surface area contributed by atoms with E-state index >= 15 is 0 Å². The molecule has 1 atom stereocenters. The Kier molecular flexibility index (Phi) is 4.74. The Morgan fingerprint density at radius 3 is 3.10 bits per heavy atom. The van der Waals surface area contributed by atoms with Crippen LogP contribution in [-0.4, -0.2) is 29.6 Å². The number of halogens is 1. The van der Waals surface area contributed by atoms with Crippen LogP contribution in [0.3, 0.4) is 0 Å². The van der Waals surface area contributed by atoms with Crippen molar-refractivity contribution in [2.45, 2.75) is 6.42 Å². The van der Waals surface area contributed by atoms with Crippen LogP contribution in [-0.2, 0) is 0 Å². The first kappa shape index (κ1) is 15.0. The topological polar surface area (TPSA) is 77.3 Å². The molecule has 0 spiro atoms. The summed E-state index contributed by atoms with van der Waals surface area (Å²) in [6.45, 7) is 2.67. The highest BCUT2D eigenvalue weighted by molar-refractivity contribution is 7.20. The van der Waals surface area contributed by atoms with Gasteiger partial charge in [-0.2, -0.15) is 0 Å². The van der Waals surface area contributed by atoms with Gasteiger partial charge in [-0.25, -0.2) is 4.98 Å². The van der Waals surface area contributed by atoms with E-state index in [-0.39, 0.29) is 18.1 Å². The van der Waals surface area contributed by atoms with Gasteiger partial charge in [-0.05, 0) is 19.0 Å². The summed E-state index contributed by atoms with van der Waals surface area (Å²) < 4.78 is 6.58. The summed E-state index contributed by atoms with van der Waals surface area (Å²) in [5, 5.41) is 14.6. The zero-order chi connectivity index (χ0) is 13.2. The first-order valence-electron chi connectivity index (χ1n) is 6.11. The van der Waals surface area contributed by atoms with Gasteiger partial charge in [-0.1, -0.05) is 11.3 Å². The number of benzene rings is 1. The number of nitro benzene ring substituents is 1. The summed E-state index contributed by atoms with van der Waals surface area (Å²) in [5.74, 6) is 0.529. The third-order valence-electron chi connectivity index (χ3n) is 3.17. The summed E-state index contributed by atoms with van der Waals surface area (Å²) in [7, 11) is 0. The number of aromatic nitrogens is 1. The fourth-order valence-corrected chi connectivity index (χ4v) is 2.92. The van der Waals surface area contributed by atoms with E-state index < -0.39 is 4.92 Å². The molecular weight excluding hydrogens is 302 g/mol. The Labute approximate surface area is 125 Å². The van der Waals surface area contributed by atoms with E-state index in [9.17, 15) is 10.1 Å². The van der Waals surface area contributed by atoms with Crippen LogP contribution < -0.4 is 10.1 Å². The van der Waals surface area contributed by atoms with Crippen LogP contribution in [0.1, 0.15) is 6.42 Å². The smallest absolute Gasteiger partial charge is 0.274 e. The lowest BCUT2D eigenvalue weighted by atomic mass is 10.1. The standard InChI is InChI=1S/C12H13N3O3S.ClH/c16-15(17)9-1-2-11-10(5-9)14-12(19-11)18-7-8-3-4-13-6-8;/h1-2,5,8,13H,3-4,6-7H2;1H. The van der Waals surface area contributed by atoms with Crippen LogP contribution in [0.25, 0.3) is 10.2 Å². The maximum absolute atomic E-state index is 10.7. The average Bonchev–Trinajstić information content (AvgIpc) is 3.04. The number of nitrogens with one attached hydrogen (secondary N) is 1. The quantitative estimate of drug-likeness (QED) is 0.693. The van der Waals surface area contributed by atoms with E-state index in [0.29, 0.717) is 23.2 Å². The second-order valence-corrected chi connectivity index (χ2v) is 5.55. The predicted molar refractivity (Wildman–Crippen MR) is 80.0 cm³/mol. The highest BCUT2D eigenvalue weighted by Crippen LogP contribution is 2.30. The van der Waals surface area contributed by atoms with Crippen LogP contribution in [0.4, 0.5) is 5.69 Å². The SMILES string of the molecule is Cl.O=[N+]([O-])c1ccc2sc(OCC3CCNC3)nc2c1. The normalized spacial score (nSPS) is 17.9. The van der Waals surface area contributed by atoms with Crippen molar-refractivity contribution in [2.24, 2.45) is 5.92 Å². The number of thiazole rings is 1. The number of non-ortho nitro benzene ring substituents is 1. The van der Waals surface area contributed by atoms with Gasteiger partial charge in [0.1, 0.15) is 0 Å². The van der Waals surface area contributed by atoms with Crippen LogP contribution >= 0.6 is 23.7 Å². The molecule has 1 aliphatic heterocycles. The fraction of sp³-hybridized carbons (Fsp3) is 0.417. The van der Waals surface area contributed by atoms with E-state index in [1.54, 1.807) is 6.07 Å². The lowest BCUT2D eigenvalue weighted by molar-refractivity contribution is -0.384. The number of hydrogen-bond acceptors (Lipinski definition) is 6. The third kappa shape index (κ3) is 3.17. The van der Waals surface area contributed by atoms with E-state index in [2.05, 4.69) is 10.3 Å². The molecular formula is C12H14ClN3O3S. The lowest BCUT2D eigenvalue weighted by Gasteiger charge is -2.07. The molecule has 0 saturated carbocycles. The van der Waals surface area contributed by atoms with Crippen molar-refractivity contribution in [3.63, 3.8) is 0 Å². The molecule has 0 bridgehead atoms. The van der Waals surface area contributed by atoms with Crippen molar-refractivity contribution < 1.29 is 9.66 Å². The van der Waals surface area contributed by atoms with E-state index in [1.165, 1.54) is 23.5 Å². The van der Waals surface area contributed by atoms with Gasteiger partial charge in [0, 0.05) is 24.6 Å². The van der Waals surface area contributed by atoms with Gasteiger partial charge in [0.2, 0.25) is 0 Å². The molecule has 0 radical (unpaired) electrons. The Bertz CT molecular complexity index is 613. The lowest BCUT2D eigenvalue weighted by Crippen LogP contribution is -2.15. The molecule has 0 aliphatic carbocycles. The third-order valence-corrected chi connectivity index (χ3v) is 4.12. The summed E-state index contributed by atoms with van der Waals surface area (Å²) in [6.07, 6.45) is 1.12. The summed E-state index contributed by atoms with van der Waals surface area (Å²) >= 11 is 1.42. The molecule has 2 aromatic rings. The summed E-state index contributed by atoms with van der Waals surface area (Å²) in [5.41, 5.74) is 0.683. The van der Waals surface area contributed by atoms with Crippen molar-refractivity contribution >= 4 is 39.6 Å². The molecule has 1 fully saturated rings. The average molecular weight is 316 g/mol. The van der Waals surface area contributed by atoms with Crippen molar-refractivity contribution in [1.82, 2.24) is 10.3 Å². The molecule has 3 rings (SSSR count). The zero-order valence-corrected chi connectivity index (χ0v) is 12.2. The van der Waals surface area contributed by atoms with E-state index in [0.717, 1.165) is 24.2 Å². The number of nitro groups is 1. The summed E-state index contributed by atoms with van der Waals surface area (Å²) in [6, 6.07) is 4.69. The van der Waals surface area contributed by atoms with Gasteiger partial charge in [0.25, 0.3) is 10.9 Å². The maximum atomic E-state index is 10.7. The number of hydrogen-bond donors (Lipinski definition) is 1. The second-order valence-electron chi connectivity index (χ2n) is 4.56. The summed E-state index contributed by atoms with van der Waals surface area (Å²) in [4.78, 5) is 14.6. The van der Waals surface area contributed by atoms with Crippen LogP contribution in [0, 0.1) is 16.0 Å². The van der Waals surface area contributed by atoms with Crippen molar-refractivity contribution in [2.75, 3.05) is 19.7 Å². The molecule has 1 N–H and O–H groups in total. The van der Waals surface area contributed by atoms with Crippen molar-refractivity contribution in [3.05, 3.63) is 28.3 Å². The van der Waals surface area contributed by atoms with Crippen molar-refractivity contribution in [1.29, 1.82) is 0 Å². The molecule has 2 heterocycles. The minimum atomic E-state index is -0.413. The van der Waals surface area contributed by atoms with Crippen LogP contribution in [0.5, 0.6) is 5.19 Å². The minimum Gasteiger partial charge on any atom is -0.470 e. The highest BCUT2D eigenvalue weighted by Gasteiger charge is 2.16. The number of ether oxygens (including phenoxy) is 1. The van der Waals surface area contributed by atoms with Gasteiger partial charge in [0.05, 0.1) is 21.7 Å². The monoisotopic (exact) mass is 315 g/mol. The van der Waals surface area contributed by atoms with Gasteiger partial charge in [0.15, 0.2) is 0 Å². The molecule has 1 unspecified atom stereocenters. The Morgan fingerprint density at radius 1 is 1.55 bits per heavy atom. The number of rotatable bonds is 4. The Hall–Kier alpha value is -1.44. The molecule has 108 valence electrons. The van der Waals surface area contributed by atoms with E-state index in [1.807, 2.05) is 0 Å². The Balaban J connectivity index is 0.00000147. The first-order chi connectivity index (χ1) is 9.22.